The van der Waals surface area contributed by atoms with Gasteiger partial charge in [0, 0.05) is 50.9 Å². The highest BCUT2D eigenvalue weighted by molar-refractivity contribution is 7.15. The molecule has 9 heteroatoms. The van der Waals surface area contributed by atoms with E-state index < -0.39 is 0 Å². The number of imidazole rings is 1. The highest BCUT2D eigenvalue weighted by atomic mass is 32.1. The van der Waals surface area contributed by atoms with Crippen LogP contribution in [-0.2, 0) is 0 Å². The molecule has 8 nitrogen and oxygen atoms in total. The number of aryl methyl sites for hydroxylation is 1. The lowest BCUT2D eigenvalue weighted by Gasteiger charge is -2.10. The Labute approximate surface area is 199 Å². The lowest BCUT2D eigenvalue weighted by Crippen LogP contribution is -2.09. The van der Waals surface area contributed by atoms with E-state index >= 15 is 0 Å². The fraction of sp³-hybridized carbons (Fsp3) is 0.160. The summed E-state index contributed by atoms with van der Waals surface area (Å²) in [5, 5.41) is 11.9. The summed E-state index contributed by atoms with van der Waals surface area (Å²) < 4.78 is 0. The van der Waals surface area contributed by atoms with Gasteiger partial charge in [0.25, 0.3) is 0 Å². The molecule has 0 aliphatic heterocycles. The lowest BCUT2D eigenvalue weighted by molar-refractivity contribution is 0.898. The normalized spacial score (nSPS) is 11.6. The summed E-state index contributed by atoms with van der Waals surface area (Å²) in [7, 11) is 0. The van der Waals surface area contributed by atoms with Crippen molar-refractivity contribution in [3.8, 4) is 33.2 Å². The SMILES string of the molecule is Cc1ccc(-c2ccnc3nc(-c4n[nH]c5cnc(-c6cncc(NC(C)C)c6)cc45)[nH]c23)s1. The van der Waals surface area contributed by atoms with E-state index in [1.165, 1.54) is 9.75 Å². The molecule has 0 aromatic carbocycles. The number of thiophene rings is 1. The van der Waals surface area contributed by atoms with E-state index in [1.807, 2.05) is 24.5 Å². The predicted octanol–water partition coefficient (Wildman–Crippen LogP) is 5.82. The van der Waals surface area contributed by atoms with Crippen molar-refractivity contribution >= 4 is 39.1 Å². The van der Waals surface area contributed by atoms with Crippen molar-refractivity contribution in [3.05, 3.63) is 60.0 Å². The summed E-state index contributed by atoms with van der Waals surface area (Å²) in [6, 6.07) is 10.7. The van der Waals surface area contributed by atoms with Crippen LogP contribution in [0.4, 0.5) is 5.69 Å². The number of nitrogens with one attached hydrogen (secondary N) is 3. The zero-order chi connectivity index (χ0) is 23.2. The van der Waals surface area contributed by atoms with Crippen molar-refractivity contribution in [3.63, 3.8) is 0 Å². The third-order valence-electron chi connectivity index (χ3n) is 5.56. The number of hydrogen-bond acceptors (Lipinski definition) is 7. The van der Waals surface area contributed by atoms with Crippen molar-refractivity contribution < 1.29 is 0 Å². The monoisotopic (exact) mass is 466 g/mol. The quantitative estimate of drug-likeness (QED) is 0.296. The van der Waals surface area contributed by atoms with Crippen LogP contribution in [0.1, 0.15) is 18.7 Å². The maximum atomic E-state index is 4.76. The largest absolute Gasteiger partial charge is 0.382 e. The molecule has 6 aromatic heterocycles. The van der Waals surface area contributed by atoms with Crippen LogP contribution in [0.2, 0.25) is 0 Å². The molecule has 168 valence electrons. The molecule has 0 fully saturated rings. The van der Waals surface area contributed by atoms with E-state index in [-0.39, 0.29) is 0 Å². The number of hydrogen-bond donors (Lipinski definition) is 3. The van der Waals surface area contributed by atoms with Gasteiger partial charge >= 0.3 is 0 Å². The van der Waals surface area contributed by atoms with Crippen LogP contribution in [0, 0.1) is 6.92 Å². The molecule has 0 bridgehead atoms. The fourth-order valence-electron chi connectivity index (χ4n) is 4.06. The van der Waals surface area contributed by atoms with Gasteiger partial charge < -0.3 is 10.3 Å². The number of H-pyrrole nitrogens is 2. The maximum absolute atomic E-state index is 4.76. The number of rotatable bonds is 5. The lowest BCUT2D eigenvalue weighted by atomic mass is 10.1. The number of aromatic nitrogens is 7. The molecule has 0 aliphatic rings. The number of fused-ring (bicyclic) bond motifs is 2. The minimum Gasteiger partial charge on any atom is -0.382 e. The van der Waals surface area contributed by atoms with Gasteiger partial charge in [-0.15, -0.1) is 11.3 Å². The summed E-state index contributed by atoms with van der Waals surface area (Å²) in [5.41, 5.74) is 6.94. The van der Waals surface area contributed by atoms with Crippen LogP contribution >= 0.6 is 11.3 Å². The van der Waals surface area contributed by atoms with Gasteiger partial charge in [0.2, 0.25) is 0 Å². The van der Waals surface area contributed by atoms with Gasteiger partial charge in [-0.3, -0.25) is 15.1 Å². The molecule has 6 rings (SSSR count). The second kappa shape index (κ2) is 8.03. The molecule has 0 atom stereocenters. The van der Waals surface area contributed by atoms with Gasteiger partial charge in [0.05, 0.1) is 28.6 Å². The summed E-state index contributed by atoms with van der Waals surface area (Å²) in [5.74, 6) is 0.667. The Bertz CT molecular complexity index is 1640. The Morgan fingerprint density at radius 2 is 1.94 bits per heavy atom. The maximum Gasteiger partial charge on any atom is 0.178 e. The molecule has 0 saturated heterocycles. The third-order valence-corrected chi connectivity index (χ3v) is 6.59. The van der Waals surface area contributed by atoms with Crippen molar-refractivity contribution in [2.45, 2.75) is 26.8 Å². The number of nitrogens with zero attached hydrogens (tertiary/aromatic N) is 5. The molecule has 0 saturated carbocycles. The molecular weight excluding hydrogens is 444 g/mol. The number of pyridine rings is 3. The van der Waals surface area contributed by atoms with Crippen LogP contribution in [0.5, 0.6) is 0 Å². The molecule has 34 heavy (non-hydrogen) atoms. The van der Waals surface area contributed by atoms with E-state index in [0.717, 1.165) is 44.6 Å². The molecule has 6 heterocycles. The minimum absolute atomic E-state index is 0.317. The molecule has 0 unspecified atom stereocenters. The topological polar surface area (TPSA) is 108 Å². The predicted molar refractivity (Wildman–Crippen MR) is 137 cm³/mol. The Morgan fingerprint density at radius 1 is 1.03 bits per heavy atom. The van der Waals surface area contributed by atoms with E-state index in [9.17, 15) is 0 Å². The zero-order valence-electron chi connectivity index (χ0n) is 18.9. The summed E-state index contributed by atoms with van der Waals surface area (Å²) in [6.07, 6.45) is 7.23. The van der Waals surface area contributed by atoms with Crippen LogP contribution in [0.3, 0.4) is 0 Å². The molecule has 0 spiro atoms. The number of anilines is 1. The first-order chi connectivity index (χ1) is 16.5. The van der Waals surface area contributed by atoms with Crippen LogP contribution in [0.25, 0.3) is 55.3 Å². The second-order valence-electron chi connectivity index (χ2n) is 8.50. The average molecular weight is 467 g/mol. The molecule has 0 aliphatic carbocycles. The van der Waals surface area contributed by atoms with Gasteiger partial charge in [-0.25, -0.2) is 9.97 Å². The minimum atomic E-state index is 0.317. The zero-order valence-corrected chi connectivity index (χ0v) is 19.7. The Kier molecular flexibility index (Phi) is 4.84. The number of aromatic amines is 2. The summed E-state index contributed by atoms with van der Waals surface area (Å²) in [4.78, 5) is 24.2. The van der Waals surface area contributed by atoms with E-state index in [2.05, 4.69) is 74.4 Å². The molecule has 3 N–H and O–H groups in total. The first kappa shape index (κ1) is 20.5. The van der Waals surface area contributed by atoms with Gasteiger partial charge in [-0.05, 0) is 51.1 Å². The second-order valence-corrected chi connectivity index (χ2v) is 9.79. The van der Waals surface area contributed by atoms with E-state index in [4.69, 9.17) is 4.98 Å². The first-order valence-corrected chi connectivity index (χ1v) is 11.8. The van der Waals surface area contributed by atoms with Crippen molar-refractivity contribution in [1.82, 2.24) is 35.1 Å². The van der Waals surface area contributed by atoms with Gasteiger partial charge in [0.15, 0.2) is 11.5 Å². The summed E-state index contributed by atoms with van der Waals surface area (Å²) in [6.45, 7) is 6.31. The fourth-order valence-corrected chi connectivity index (χ4v) is 4.95. The highest BCUT2D eigenvalue weighted by Crippen LogP contribution is 2.34. The average Bonchev–Trinajstić information content (AvgIpc) is 3.55. The van der Waals surface area contributed by atoms with Gasteiger partial charge in [0.1, 0.15) is 5.69 Å². The van der Waals surface area contributed by atoms with Crippen LogP contribution in [0.15, 0.2) is 55.1 Å². The highest BCUT2D eigenvalue weighted by Gasteiger charge is 2.17. The van der Waals surface area contributed by atoms with Gasteiger partial charge in [-0.2, -0.15) is 5.10 Å². The Morgan fingerprint density at radius 3 is 2.76 bits per heavy atom. The van der Waals surface area contributed by atoms with Crippen molar-refractivity contribution in [2.75, 3.05) is 5.32 Å². The summed E-state index contributed by atoms with van der Waals surface area (Å²) >= 11 is 1.75. The Hall–Kier alpha value is -4.11. The smallest absolute Gasteiger partial charge is 0.178 e. The Balaban J connectivity index is 1.45. The van der Waals surface area contributed by atoms with Gasteiger partial charge in [-0.1, -0.05) is 0 Å². The first-order valence-electron chi connectivity index (χ1n) is 11.0. The van der Waals surface area contributed by atoms with E-state index in [0.29, 0.717) is 17.5 Å². The van der Waals surface area contributed by atoms with Crippen LogP contribution in [-0.4, -0.2) is 41.2 Å². The van der Waals surface area contributed by atoms with Crippen molar-refractivity contribution in [1.29, 1.82) is 0 Å². The third kappa shape index (κ3) is 3.60. The molecular formula is C25H22N8S. The molecule has 6 aromatic rings. The van der Waals surface area contributed by atoms with Crippen molar-refractivity contribution in [2.24, 2.45) is 0 Å². The molecule has 0 radical (unpaired) electrons. The van der Waals surface area contributed by atoms with E-state index in [1.54, 1.807) is 23.7 Å². The van der Waals surface area contributed by atoms with Crippen LogP contribution < -0.4 is 5.32 Å². The molecule has 0 amide bonds. The standard InChI is InChI=1S/C25H22N8S/c1-13(2)29-16-8-15(10-26-11-16)19-9-18-20(12-28-19)32-33-23(18)25-30-22-17(6-7-27-24(22)31-25)21-5-4-14(3)34-21/h4-13,29H,1-3H3,(H,32,33)(H,27,30,31).